The number of carbonyl (C=O) groups excluding carboxylic acids is 1. The second-order valence-corrected chi connectivity index (χ2v) is 5.04. The number of aryl methyl sites for hydroxylation is 1. The van der Waals surface area contributed by atoms with Crippen LogP contribution in [0.4, 0.5) is 0 Å². The number of hydrogen-bond donors (Lipinski definition) is 0. The first-order chi connectivity index (χ1) is 6.83. The van der Waals surface area contributed by atoms with Crippen LogP contribution in [0.25, 0.3) is 9.88 Å². The number of rotatable bonds is 3. The van der Waals surface area contributed by atoms with Gasteiger partial charge in [-0.05, 0) is 18.6 Å². The third-order valence-corrected chi connectivity index (χ3v) is 4.18. The number of nitrogens with zero attached hydrogens (tertiary/aromatic N) is 1. The van der Waals surface area contributed by atoms with Crippen LogP contribution in [0.15, 0.2) is 18.3 Å². The molecule has 4 heteroatoms. The minimum Gasteiger partial charge on any atom is -0.297 e. The lowest BCUT2D eigenvalue weighted by Gasteiger charge is -1.86. The van der Waals surface area contributed by atoms with Crippen LogP contribution in [-0.2, 0) is 6.42 Å². The van der Waals surface area contributed by atoms with Crippen LogP contribution in [0, 0.1) is 0 Å². The SMILES string of the molecule is CCc1ccc(-c2ncc(C=O)s2)s1. The molecule has 2 aromatic heterocycles. The predicted molar refractivity (Wildman–Crippen MR) is 60.2 cm³/mol. The van der Waals surface area contributed by atoms with Gasteiger partial charge in [0, 0.05) is 11.1 Å². The van der Waals surface area contributed by atoms with Gasteiger partial charge < -0.3 is 0 Å². The van der Waals surface area contributed by atoms with Crippen LogP contribution >= 0.6 is 22.7 Å². The third kappa shape index (κ3) is 1.76. The summed E-state index contributed by atoms with van der Waals surface area (Å²) < 4.78 is 0. The molecule has 0 aliphatic rings. The first-order valence-corrected chi connectivity index (χ1v) is 5.97. The van der Waals surface area contributed by atoms with Crippen LogP contribution in [0.5, 0.6) is 0 Å². The molecule has 0 aliphatic carbocycles. The zero-order chi connectivity index (χ0) is 9.97. The fourth-order valence-electron chi connectivity index (χ4n) is 1.14. The van der Waals surface area contributed by atoms with E-state index in [0.717, 1.165) is 22.6 Å². The number of aldehydes is 1. The van der Waals surface area contributed by atoms with E-state index >= 15 is 0 Å². The molecule has 0 unspecified atom stereocenters. The summed E-state index contributed by atoms with van der Waals surface area (Å²) in [5.74, 6) is 0. The van der Waals surface area contributed by atoms with E-state index in [9.17, 15) is 4.79 Å². The molecule has 2 nitrogen and oxygen atoms in total. The minimum absolute atomic E-state index is 0.687. The molecule has 0 aromatic carbocycles. The van der Waals surface area contributed by atoms with Gasteiger partial charge in [-0.25, -0.2) is 4.98 Å². The molecule has 0 aliphatic heterocycles. The Morgan fingerprint density at radius 2 is 2.29 bits per heavy atom. The summed E-state index contributed by atoms with van der Waals surface area (Å²) in [6.07, 6.45) is 3.52. The van der Waals surface area contributed by atoms with Crippen molar-refractivity contribution in [2.75, 3.05) is 0 Å². The van der Waals surface area contributed by atoms with E-state index in [4.69, 9.17) is 0 Å². The Bertz CT molecular complexity index is 444. The number of hydrogen-bond acceptors (Lipinski definition) is 4. The second kappa shape index (κ2) is 4.02. The predicted octanol–water partition coefficient (Wildman–Crippen LogP) is 3.25. The van der Waals surface area contributed by atoms with Crippen LogP contribution in [0.1, 0.15) is 21.5 Å². The van der Waals surface area contributed by atoms with Crippen molar-refractivity contribution >= 4 is 29.0 Å². The fraction of sp³-hybridized carbons (Fsp3) is 0.200. The molecule has 0 saturated carbocycles. The van der Waals surface area contributed by atoms with Gasteiger partial charge in [0.05, 0.1) is 9.75 Å². The summed E-state index contributed by atoms with van der Waals surface area (Å²) >= 11 is 3.18. The maximum absolute atomic E-state index is 10.5. The molecule has 0 fully saturated rings. The highest BCUT2D eigenvalue weighted by Gasteiger charge is 2.06. The van der Waals surface area contributed by atoms with Crippen molar-refractivity contribution in [3.05, 3.63) is 28.1 Å². The molecule has 0 amide bonds. The van der Waals surface area contributed by atoms with Gasteiger partial charge in [0.25, 0.3) is 0 Å². The summed E-state index contributed by atoms with van der Waals surface area (Å²) in [6, 6.07) is 4.18. The Morgan fingerprint density at radius 3 is 2.86 bits per heavy atom. The van der Waals surface area contributed by atoms with Gasteiger partial charge in [-0.3, -0.25) is 4.79 Å². The highest BCUT2D eigenvalue weighted by molar-refractivity contribution is 7.22. The summed E-state index contributed by atoms with van der Waals surface area (Å²) in [5.41, 5.74) is 0. The van der Waals surface area contributed by atoms with E-state index in [2.05, 4.69) is 24.0 Å². The summed E-state index contributed by atoms with van der Waals surface area (Å²) in [7, 11) is 0. The molecule has 0 bridgehead atoms. The molecular formula is C10H9NOS2. The summed E-state index contributed by atoms with van der Waals surface area (Å²) in [5, 5.41) is 0.941. The van der Waals surface area contributed by atoms with Crippen molar-refractivity contribution in [1.82, 2.24) is 4.98 Å². The van der Waals surface area contributed by atoms with Gasteiger partial charge in [-0.15, -0.1) is 22.7 Å². The smallest absolute Gasteiger partial charge is 0.161 e. The van der Waals surface area contributed by atoms with Gasteiger partial charge in [-0.2, -0.15) is 0 Å². The number of carbonyl (C=O) groups is 1. The topological polar surface area (TPSA) is 30.0 Å². The van der Waals surface area contributed by atoms with Crippen molar-refractivity contribution in [3.8, 4) is 9.88 Å². The van der Waals surface area contributed by atoms with Gasteiger partial charge in [0.1, 0.15) is 5.01 Å². The fourth-order valence-corrected chi connectivity index (χ4v) is 2.88. The Morgan fingerprint density at radius 1 is 1.43 bits per heavy atom. The van der Waals surface area contributed by atoms with Crippen LogP contribution in [-0.4, -0.2) is 11.3 Å². The van der Waals surface area contributed by atoms with Crippen molar-refractivity contribution in [3.63, 3.8) is 0 Å². The monoisotopic (exact) mass is 223 g/mol. The first kappa shape index (κ1) is 9.55. The van der Waals surface area contributed by atoms with E-state index in [-0.39, 0.29) is 0 Å². The Balaban J connectivity index is 2.33. The van der Waals surface area contributed by atoms with Crippen LogP contribution in [0.3, 0.4) is 0 Å². The maximum Gasteiger partial charge on any atom is 0.161 e. The third-order valence-electron chi connectivity index (χ3n) is 1.86. The Hall–Kier alpha value is -1.00. The summed E-state index contributed by atoms with van der Waals surface area (Å²) in [4.78, 5) is 17.9. The molecule has 0 spiro atoms. The quantitative estimate of drug-likeness (QED) is 0.748. The molecule has 14 heavy (non-hydrogen) atoms. The number of aromatic nitrogens is 1. The largest absolute Gasteiger partial charge is 0.297 e. The van der Waals surface area contributed by atoms with Gasteiger partial charge in [-0.1, -0.05) is 6.92 Å². The average Bonchev–Trinajstić information content (AvgIpc) is 2.86. The normalized spacial score (nSPS) is 10.4. The van der Waals surface area contributed by atoms with Crippen molar-refractivity contribution in [2.24, 2.45) is 0 Å². The zero-order valence-corrected chi connectivity index (χ0v) is 9.32. The van der Waals surface area contributed by atoms with E-state index in [1.165, 1.54) is 16.2 Å². The van der Waals surface area contributed by atoms with Crippen molar-refractivity contribution in [2.45, 2.75) is 13.3 Å². The number of thiazole rings is 1. The maximum atomic E-state index is 10.5. The molecule has 2 aromatic rings. The molecule has 0 saturated heterocycles. The molecule has 0 radical (unpaired) electrons. The molecule has 72 valence electrons. The van der Waals surface area contributed by atoms with Gasteiger partial charge in [0.2, 0.25) is 0 Å². The number of thiophene rings is 1. The van der Waals surface area contributed by atoms with Gasteiger partial charge in [0.15, 0.2) is 6.29 Å². The highest BCUT2D eigenvalue weighted by Crippen LogP contribution is 2.30. The lowest BCUT2D eigenvalue weighted by molar-refractivity contribution is 0.112. The Labute approximate surface area is 90.2 Å². The second-order valence-electron chi connectivity index (χ2n) is 2.81. The lowest BCUT2D eigenvalue weighted by Crippen LogP contribution is -1.65. The van der Waals surface area contributed by atoms with Crippen molar-refractivity contribution < 1.29 is 4.79 Å². The highest BCUT2D eigenvalue weighted by atomic mass is 32.1. The molecule has 2 heterocycles. The summed E-state index contributed by atoms with van der Waals surface area (Å²) in [6.45, 7) is 2.13. The standard InChI is InChI=1S/C10H9NOS2/c1-2-7-3-4-9(13-7)10-11-5-8(6-12)14-10/h3-6H,2H2,1H3. The molecular weight excluding hydrogens is 214 g/mol. The Kier molecular flexibility index (Phi) is 2.74. The van der Waals surface area contributed by atoms with Crippen LogP contribution < -0.4 is 0 Å². The van der Waals surface area contributed by atoms with Crippen LogP contribution in [0.2, 0.25) is 0 Å². The molecule has 2 rings (SSSR count). The lowest BCUT2D eigenvalue weighted by atomic mass is 10.4. The van der Waals surface area contributed by atoms with E-state index in [1.807, 2.05) is 0 Å². The van der Waals surface area contributed by atoms with Gasteiger partial charge >= 0.3 is 0 Å². The minimum atomic E-state index is 0.687. The van der Waals surface area contributed by atoms with E-state index in [0.29, 0.717) is 4.88 Å². The molecule has 0 N–H and O–H groups in total. The average molecular weight is 223 g/mol. The van der Waals surface area contributed by atoms with Crippen molar-refractivity contribution in [1.29, 1.82) is 0 Å². The van der Waals surface area contributed by atoms with E-state index in [1.54, 1.807) is 17.5 Å². The first-order valence-electron chi connectivity index (χ1n) is 4.33. The zero-order valence-electron chi connectivity index (χ0n) is 7.69. The molecule has 0 atom stereocenters. The van der Waals surface area contributed by atoms with E-state index < -0.39 is 0 Å².